The van der Waals surface area contributed by atoms with E-state index in [1.165, 1.54) is 25.7 Å². The van der Waals surface area contributed by atoms with Gasteiger partial charge in [0.25, 0.3) is 0 Å². The van der Waals surface area contributed by atoms with Crippen LogP contribution in [0.25, 0.3) is 0 Å². The van der Waals surface area contributed by atoms with Crippen LogP contribution in [0, 0.1) is 52.3 Å². The van der Waals surface area contributed by atoms with Gasteiger partial charge in [-0.25, -0.2) is 4.79 Å². The Bertz CT molecular complexity index is 837. The molecule has 5 saturated carbocycles. The molecular weight excluding hydrogens is 478 g/mol. The van der Waals surface area contributed by atoms with E-state index in [0.717, 1.165) is 57.8 Å². The number of nitrogens with one attached hydrogen (secondary N) is 1. The quantitative estimate of drug-likeness (QED) is 0.353. The number of fused-ring (bicyclic) bond motifs is 6. The van der Waals surface area contributed by atoms with Gasteiger partial charge in [-0.05, 0) is 129 Å². The monoisotopic (exact) mass is 533 g/mol. The van der Waals surface area contributed by atoms with E-state index >= 15 is 0 Å². The van der Waals surface area contributed by atoms with Crippen LogP contribution in [-0.4, -0.2) is 52.4 Å². The number of aliphatic hydroxyl groups excluding tert-OH is 3. The molecule has 0 heterocycles. The van der Waals surface area contributed by atoms with E-state index in [1.54, 1.807) is 0 Å². The van der Waals surface area contributed by atoms with Gasteiger partial charge in [-0.15, -0.1) is 0 Å². The van der Waals surface area contributed by atoms with E-state index in [9.17, 15) is 20.1 Å². The summed E-state index contributed by atoms with van der Waals surface area (Å²) >= 11 is 0. The molecule has 6 heteroatoms. The highest BCUT2D eigenvalue weighted by molar-refractivity contribution is 5.67. The number of hydrogen-bond acceptors (Lipinski definition) is 5. The Labute approximate surface area is 230 Å². The fraction of sp³-hybridized carbons (Fsp3) is 0.969. The minimum Gasteiger partial charge on any atom is -0.450 e. The van der Waals surface area contributed by atoms with Crippen LogP contribution in [0.15, 0.2) is 0 Å². The minimum atomic E-state index is -0.449. The van der Waals surface area contributed by atoms with Crippen LogP contribution in [-0.2, 0) is 4.74 Å². The molecule has 0 radical (unpaired) electrons. The lowest BCUT2D eigenvalue weighted by atomic mass is 9.55. The van der Waals surface area contributed by atoms with Crippen molar-refractivity contribution in [3.05, 3.63) is 0 Å². The van der Waals surface area contributed by atoms with Crippen LogP contribution >= 0.6 is 0 Å². The van der Waals surface area contributed by atoms with Gasteiger partial charge in [-0.3, -0.25) is 0 Å². The first-order valence-corrected chi connectivity index (χ1v) is 16.1. The van der Waals surface area contributed by atoms with Gasteiger partial charge in [0, 0.05) is 0 Å². The Morgan fingerprint density at radius 2 is 1.74 bits per heavy atom. The van der Waals surface area contributed by atoms with Gasteiger partial charge in [0.05, 0.1) is 31.0 Å². The first-order chi connectivity index (χ1) is 18.1. The second kappa shape index (κ2) is 11.2. The number of amides is 1. The van der Waals surface area contributed by atoms with Crippen molar-refractivity contribution >= 4 is 6.09 Å². The van der Waals surface area contributed by atoms with Crippen molar-refractivity contribution in [2.45, 2.75) is 136 Å². The van der Waals surface area contributed by atoms with Crippen molar-refractivity contribution in [1.29, 1.82) is 0 Å². The molecule has 218 valence electrons. The summed E-state index contributed by atoms with van der Waals surface area (Å²) in [7, 11) is 0. The number of carbonyl (C=O) groups is 1. The van der Waals surface area contributed by atoms with Crippen LogP contribution in [0.4, 0.5) is 4.79 Å². The van der Waals surface area contributed by atoms with Gasteiger partial charge in [-0.2, -0.15) is 0 Å². The summed E-state index contributed by atoms with van der Waals surface area (Å²) in [5, 5.41) is 35.4. The lowest BCUT2D eigenvalue weighted by molar-refractivity contribution is -0.0778. The van der Waals surface area contributed by atoms with Crippen molar-refractivity contribution in [1.82, 2.24) is 5.32 Å². The minimum absolute atomic E-state index is 0.170. The highest BCUT2D eigenvalue weighted by atomic mass is 16.5. The fourth-order valence-corrected chi connectivity index (χ4v) is 10.8. The molecule has 1 amide bonds. The van der Waals surface area contributed by atoms with Crippen LogP contribution in [0.2, 0.25) is 0 Å². The second-order valence-corrected chi connectivity index (χ2v) is 14.7. The summed E-state index contributed by atoms with van der Waals surface area (Å²) < 4.78 is 5.57. The third-order valence-corrected chi connectivity index (χ3v) is 13.1. The Hall–Kier alpha value is -0.850. The van der Waals surface area contributed by atoms with E-state index in [-0.39, 0.29) is 35.0 Å². The molecule has 5 rings (SSSR count). The van der Waals surface area contributed by atoms with Crippen LogP contribution < -0.4 is 5.32 Å². The van der Waals surface area contributed by atoms with Crippen LogP contribution in [0.5, 0.6) is 0 Å². The highest BCUT2D eigenvalue weighted by Crippen LogP contribution is 2.66. The zero-order chi connectivity index (χ0) is 27.2. The van der Waals surface area contributed by atoms with E-state index in [2.05, 4.69) is 33.0 Å². The summed E-state index contributed by atoms with van der Waals surface area (Å²) in [6.07, 6.45) is 11.9. The Kier molecular flexibility index (Phi) is 8.45. The molecule has 0 aromatic carbocycles. The second-order valence-electron chi connectivity index (χ2n) is 14.7. The maximum Gasteiger partial charge on any atom is 0.407 e. The predicted molar refractivity (Wildman–Crippen MR) is 148 cm³/mol. The zero-order valence-electron chi connectivity index (χ0n) is 24.4. The molecule has 2 bridgehead atoms. The molecule has 2 unspecified atom stereocenters. The molecule has 5 fully saturated rings. The van der Waals surface area contributed by atoms with Crippen molar-refractivity contribution in [2.24, 2.45) is 52.3 Å². The van der Waals surface area contributed by atoms with Gasteiger partial charge >= 0.3 is 6.09 Å². The first-order valence-electron chi connectivity index (χ1n) is 16.1. The van der Waals surface area contributed by atoms with E-state index < -0.39 is 12.2 Å². The molecule has 0 spiro atoms. The normalized spacial score (nSPS) is 49.3. The summed E-state index contributed by atoms with van der Waals surface area (Å²) in [4.78, 5) is 12.3. The van der Waals surface area contributed by atoms with Crippen molar-refractivity contribution in [3.63, 3.8) is 0 Å². The molecule has 4 N–H and O–H groups in total. The lowest BCUT2D eigenvalue weighted by Gasteiger charge is -2.51. The van der Waals surface area contributed by atoms with Crippen LogP contribution in [0.1, 0.15) is 111 Å². The Balaban J connectivity index is 1.26. The number of aliphatic hydroxyl groups is 3. The Morgan fingerprint density at radius 1 is 0.974 bits per heavy atom. The average molecular weight is 534 g/mol. The first kappa shape index (κ1) is 28.7. The molecule has 0 aromatic rings. The van der Waals surface area contributed by atoms with E-state index in [4.69, 9.17) is 4.74 Å². The number of hydrogen-bond donors (Lipinski definition) is 4. The van der Waals surface area contributed by atoms with Gasteiger partial charge in [0.2, 0.25) is 0 Å². The van der Waals surface area contributed by atoms with Gasteiger partial charge in [-0.1, -0.05) is 34.1 Å². The summed E-state index contributed by atoms with van der Waals surface area (Å²) in [5.41, 5.74) is 0.436. The Morgan fingerprint density at radius 3 is 2.45 bits per heavy atom. The number of rotatable bonds is 6. The third-order valence-electron chi connectivity index (χ3n) is 13.1. The number of ether oxygens (including phenoxy) is 1. The van der Waals surface area contributed by atoms with Crippen molar-refractivity contribution < 1.29 is 24.9 Å². The molecule has 13 atom stereocenters. The summed E-state index contributed by atoms with van der Waals surface area (Å²) in [5.74, 6) is 3.29. The molecule has 0 aliphatic heterocycles. The maximum absolute atomic E-state index is 12.3. The SMILES string of the molecule is CC[C@H]1[C@@H](O)[C@@H]2C[C@H](CC[C@]3(C)[C@@H]([C@H](C)CCOC(=O)NC4CCCC4O)CC[C@@H]23)[C@@]2(C)CC[C@@H](O)C[C@@H]12. The molecule has 6 nitrogen and oxygen atoms in total. The number of carbonyl (C=O) groups excluding carboxylic acids is 1. The topological polar surface area (TPSA) is 99.0 Å². The lowest BCUT2D eigenvalue weighted by Crippen LogP contribution is -2.47. The molecule has 0 aromatic heterocycles. The smallest absolute Gasteiger partial charge is 0.407 e. The van der Waals surface area contributed by atoms with Crippen molar-refractivity contribution in [2.75, 3.05) is 6.61 Å². The van der Waals surface area contributed by atoms with Gasteiger partial charge in [0.15, 0.2) is 0 Å². The summed E-state index contributed by atoms with van der Waals surface area (Å²) in [6, 6.07) is -0.170. The van der Waals surface area contributed by atoms with E-state index in [0.29, 0.717) is 42.1 Å². The van der Waals surface area contributed by atoms with Gasteiger partial charge < -0.3 is 25.4 Å². The predicted octanol–water partition coefficient (Wildman–Crippen LogP) is 5.67. The summed E-state index contributed by atoms with van der Waals surface area (Å²) in [6.45, 7) is 10.0. The van der Waals surface area contributed by atoms with E-state index in [1.807, 2.05) is 0 Å². The standard InChI is InChI=1S/C32H55NO5/c1-5-22-26-18-21(34)12-15-31(26,3)20-11-14-32(4)24(9-10-25(32)23(17-20)29(22)36)19(2)13-16-38-30(37)33-27-7-6-8-28(27)35/h19-29,34-36H,5-18H2,1-4H3,(H,33,37)/t19-,20+,21-,22-,23-,24-,25+,26+,27?,28?,29-,31-,32-/m1/s1. The largest absolute Gasteiger partial charge is 0.450 e. The average Bonchev–Trinajstić information content (AvgIpc) is 3.36. The molecular formula is C32H55NO5. The molecule has 38 heavy (non-hydrogen) atoms. The highest BCUT2D eigenvalue weighted by Gasteiger charge is 2.60. The molecule has 0 saturated heterocycles. The fourth-order valence-electron chi connectivity index (χ4n) is 10.8. The zero-order valence-corrected chi connectivity index (χ0v) is 24.4. The van der Waals surface area contributed by atoms with Crippen LogP contribution in [0.3, 0.4) is 0 Å². The molecule has 5 aliphatic rings. The van der Waals surface area contributed by atoms with Crippen molar-refractivity contribution in [3.8, 4) is 0 Å². The maximum atomic E-state index is 12.3. The van der Waals surface area contributed by atoms with Gasteiger partial charge in [0.1, 0.15) is 0 Å². The number of alkyl carbamates (subject to hydrolysis) is 1. The third kappa shape index (κ3) is 5.04. The molecule has 5 aliphatic carbocycles.